The molecule has 2 unspecified atom stereocenters. The molecule has 2 N–H and O–H groups in total. The monoisotopic (exact) mass is 251 g/mol. The van der Waals surface area contributed by atoms with Gasteiger partial charge < -0.3 is 19.9 Å². The molecule has 1 aliphatic rings. The van der Waals surface area contributed by atoms with Crippen LogP contribution in [0, 0.1) is 0 Å². The number of rotatable bonds is 5. The van der Waals surface area contributed by atoms with Crippen molar-refractivity contribution in [2.45, 2.75) is 17.9 Å². The van der Waals surface area contributed by atoms with Gasteiger partial charge in [0.25, 0.3) is 0 Å². The highest BCUT2D eigenvalue weighted by Crippen LogP contribution is 2.54. The fraction of sp³-hybridized carbons (Fsp3) is 0.462. The first-order valence-electron chi connectivity index (χ1n) is 5.73. The van der Waals surface area contributed by atoms with E-state index in [9.17, 15) is 9.90 Å². The summed E-state index contributed by atoms with van der Waals surface area (Å²) in [6, 6.07) is 5.46. The van der Waals surface area contributed by atoms with Crippen molar-refractivity contribution in [1.29, 1.82) is 0 Å². The topological polar surface area (TPSA) is 67.8 Å². The summed E-state index contributed by atoms with van der Waals surface area (Å²) >= 11 is 0. The van der Waals surface area contributed by atoms with Crippen LogP contribution >= 0.6 is 0 Å². The number of hydrogen-bond acceptors (Lipinski definition) is 4. The van der Waals surface area contributed by atoms with Crippen molar-refractivity contribution >= 4 is 5.97 Å². The van der Waals surface area contributed by atoms with Crippen molar-refractivity contribution in [1.82, 2.24) is 5.32 Å². The maximum Gasteiger partial charge on any atom is 0.324 e. The number of hydrogen-bond donors (Lipinski definition) is 2. The molecule has 1 aromatic carbocycles. The molecule has 5 nitrogen and oxygen atoms in total. The molecule has 0 aliphatic heterocycles. The van der Waals surface area contributed by atoms with E-state index in [1.807, 2.05) is 12.1 Å². The summed E-state index contributed by atoms with van der Waals surface area (Å²) < 4.78 is 10.4. The second-order valence-electron chi connectivity index (χ2n) is 4.39. The van der Waals surface area contributed by atoms with Crippen LogP contribution in [0.15, 0.2) is 18.2 Å². The van der Waals surface area contributed by atoms with Crippen LogP contribution in [0.1, 0.15) is 17.9 Å². The minimum absolute atomic E-state index is 0.0687. The maximum atomic E-state index is 11.3. The number of aliphatic carboxylic acids is 1. The third kappa shape index (κ3) is 1.80. The lowest BCUT2D eigenvalue weighted by Crippen LogP contribution is -2.38. The molecule has 0 heterocycles. The largest absolute Gasteiger partial charge is 0.497 e. The molecule has 0 aromatic heterocycles. The minimum atomic E-state index is -0.859. The molecule has 0 radical (unpaired) electrons. The fourth-order valence-electron chi connectivity index (χ4n) is 2.36. The van der Waals surface area contributed by atoms with Crippen LogP contribution in [-0.2, 0) is 4.79 Å². The Kier molecular flexibility index (Phi) is 3.17. The van der Waals surface area contributed by atoms with Gasteiger partial charge in [0.1, 0.15) is 17.0 Å². The highest BCUT2D eigenvalue weighted by atomic mass is 16.5. The second kappa shape index (κ2) is 4.49. The van der Waals surface area contributed by atoms with Crippen molar-refractivity contribution < 1.29 is 19.4 Å². The number of carboxylic acids is 1. The van der Waals surface area contributed by atoms with Crippen LogP contribution in [0.4, 0.5) is 0 Å². The van der Waals surface area contributed by atoms with E-state index in [1.165, 1.54) is 0 Å². The SMILES string of the molecule is CNC1(C(=O)O)CC1c1ccc(OC)cc1OC. The number of nitrogens with one attached hydrogen (secondary N) is 1. The number of likely N-dealkylation sites (N-methyl/N-ethyl adjacent to an activating group) is 1. The quantitative estimate of drug-likeness (QED) is 0.824. The van der Waals surface area contributed by atoms with Crippen LogP contribution in [0.2, 0.25) is 0 Å². The molecule has 18 heavy (non-hydrogen) atoms. The summed E-state index contributed by atoms with van der Waals surface area (Å²) in [6.45, 7) is 0. The molecule has 1 saturated carbocycles. The molecule has 1 aromatic rings. The maximum absolute atomic E-state index is 11.3. The van der Waals surface area contributed by atoms with E-state index in [-0.39, 0.29) is 5.92 Å². The van der Waals surface area contributed by atoms with E-state index in [4.69, 9.17) is 9.47 Å². The van der Waals surface area contributed by atoms with Gasteiger partial charge in [-0.3, -0.25) is 4.79 Å². The average Bonchev–Trinajstić information content (AvgIpc) is 3.13. The van der Waals surface area contributed by atoms with Crippen molar-refractivity contribution in [3.8, 4) is 11.5 Å². The molecule has 2 atom stereocenters. The molecule has 98 valence electrons. The third-order valence-electron chi connectivity index (χ3n) is 3.60. The lowest BCUT2D eigenvalue weighted by Gasteiger charge is -2.14. The molecule has 0 bridgehead atoms. The standard InChI is InChI=1S/C13H17NO4/c1-14-13(12(15)16)7-10(13)9-5-4-8(17-2)6-11(9)18-3/h4-6,10,14H,7H2,1-3H3,(H,15,16). The zero-order valence-electron chi connectivity index (χ0n) is 10.7. The molecular formula is C13H17NO4. The van der Waals surface area contributed by atoms with E-state index < -0.39 is 11.5 Å². The van der Waals surface area contributed by atoms with Gasteiger partial charge in [-0.25, -0.2) is 0 Å². The summed E-state index contributed by atoms with van der Waals surface area (Å²) in [5.74, 6) is 0.466. The highest BCUT2D eigenvalue weighted by molar-refractivity contribution is 5.85. The summed E-state index contributed by atoms with van der Waals surface area (Å²) in [4.78, 5) is 11.3. The first kappa shape index (κ1) is 12.7. The molecule has 0 saturated heterocycles. The van der Waals surface area contributed by atoms with Gasteiger partial charge in [-0.05, 0) is 25.1 Å². The van der Waals surface area contributed by atoms with Gasteiger partial charge in [0.15, 0.2) is 0 Å². The van der Waals surface area contributed by atoms with Gasteiger partial charge in [0.2, 0.25) is 0 Å². The molecule has 0 spiro atoms. The van der Waals surface area contributed by atoms with Crippen LogP contribution in [0.3, 0.4) is 0 Å². The Hall–Kier alpha value is -1.75. The number of carboxylic acid groups (broad SMARTS) is 1. The molecule has 2 rings (SSSR count). The van der Waals surface area contributed by atoms with Gasteiger partial charge in [-0.1, -0.05) is 6.07 Å². The second-order valence-corrected chi connectivity index (χ2v) is 4.39. The normalized spacial score (nSPS) is 25.6. The van der Waals surface area contributed by atoms with Gasteiger partial charge in [0, 0.05) is 12.0 Å². The third-order valence-corrected chi connectivity index (χ3v) is 3.60. The summed E-state index contributed by atoms with van der Waals surface area (Å²) in [5.41, 5.74) is 0.0389. The molecule has 5 heteroatoms. The lowest BCUT2D eigenvalue weighted by atomic mass is 10.0. The van der Waals surface area contributed by atoms with E-state index in [0.717, 1.165) is 5.56 Å². The van der Waals surface area contributed by atoms with Crippen LogP contribution in [0.25, 0.3) is 0 Å². The van der Waals surface area contributed by atoms with E-state index in [0.29, 0.717) is 17.9 Å². The van der Waals surface area contributed by atoms with E-state index in [1.54, 1.807) is 27.3 Å². The molecule has 0 amide bonds. The molecule has 1 aliphatic carbocycles. The Morgan fingerprint density at radius 2 is 2.17 bits per heavy atom. The first-order valence-corrected chi connectivity index (χ1v) is 5.73. The average molecular weight is 251 g/mol. The summed E-state index contributed by atoms with van der Waals surface area (Å²) in [5, 5.41) is 12.2. The number of ether oxygens (including phenoxy) is 2. The number of methoxy groups -OCH3 is 2. The van der Waals surface area contributed by atoms with E-state index in [2.05, 4.69) is 5.32 Å². The smallest absolute Gasteiger partial charge is 0.324 e. The van der Waals surface area contributed by atoms with Crippen molar-refractivity contribution in [2.75, 3.05) is 21.3 Å². The van der Waals surface area contributed by atoms with Crippen molar-refractivity contribution in [3.63, 3.8) is 0 Å². The molecular weight excluding hydrogens is 234 g/mol. The van der Waals surface area contributed by atoms with Gasteiger partial charge in [-0.15, -0.1) is 0 Å². The van der Waals surface area contributed by atoms with Crippen molar-refractivity contribution in [3.05, 3.63) is 23.8 Å². The van der Waals surface area contributed by atoms with Crippen molar-refractivity contribution in [2.24, 2.45) is 0 Å². The van der Waals surface area contributed by atoms with Gasteiger partial charge in [0.05, 0.1) is 14.2 Å². The Morgan fingerprint density at radius 1 is 1.44 bits per heavy atom. The fourth-order valence-corrected chi connectivity index (χ4v) is 2.36. The van der Waals surface area contributed by atoms with Gasteiger partial charge in [-0.2, -0.15) is 0 Å². The minimum Gasteiger partial charge on any atom is -0.497 e. The Morgan fingerprint density at radius 3 is 2.61 bits per heavy atom. The summed E-state index contributed by atoms with van der Waals surface area (Å²) in [7, 11) is 4.83. The summed E-state index contributed by atoms with van der Waals surface area (Å²) in [6.07, 6.45) is 0.571. The number of carbonyl (C=O) groups is 1. The van der Waals surface area contributed by atoms with Crippen LogP contribution < -0.4 is 14.8 Å². The Bertz CT molecular complexity index is 474. The van der Waals surface area contributed by atoms with Crippen LogP contribution in [-0.4, -0.2) is 37.9 Å². The Labute approximate surface area is 106 Å². The van der Waals surface area contributed by atoms with Crippen LogP contribution in [0.5, 0.6) is 11.5 Å². The first-order chi connectivity index (χ1) is 8.58. The predicted octanol–water partition coefficient (Wildman–Crippen LogP) is 1.23. The predicted molar refractivity (Wildman–Crippen MR) is 66.3 cm³/mol. The zero-order chi connectivity index (χ0) is 13.3. The zero-order valence-corrected chi connectivity index (χ0v) is 10.7. The lowest BCUT2D eigenvalue weighted by molar-refractivity contribution is -0.140. The Balaban J connectivity index is 2.33. The molecule has 1 fully saturated rings. The highest BCUT2D eigenvalue weighted by Gasteiger charge is 2.61. The van der Waals surface area contributed by atoms with E-state index >= 15 is 0 Å². The number of benzene rings is 1. The van der Waals surface area contributed by atoms with Gasteiger partial charge >= 0.3 is 5.97 Å².